The number of halogens is 10. The van der Waals surface area contributed by atoms with Crippen molar-refractivity contribution in [1.82, 2.24) is 0 Å². The molecule has 0 bridgehead atoms. The first-order valence-corrected chi connectivity index (χ1v) is 12.7. The van der Waals surface area contributed by atoms with Crippen LogP contribution in [0.5, 0.6) is 11.5 Å². The maximum Gasteiger partial charge on any atom is 0.416 e. The van der Waals surface area contributed by atoms with Gasteiger partial charge in [0.05, 0.1) is 12.2 Å². The van der Waals surface area contributed by atoms with E-state index in [0.717, 1.165) is 36.4 Å². The van der Waals surface area contributed by atoms with Crippen molar-refractivity contribution < 1.29 is 61.2 Å². The van der Waals surface area contributed by atoms with Crippen LogP contribution in [0, 0.1) is 29.1 Å². The zero-order chi connectivity index (χ0) is 29.6. The molecule has 0 unspecified atom stereocenters. The van der Waals surface area contributed by atoms with E-state index in [4.69, 9.17) is 4.74 Å². The first kappa shape index (κ1) is 29.5. The molecule has 0 spiro atoms. The van der Waals surface area contributed by atoms with E-state index in [9.17, 15) is 52.3 Å². The topological polar surface area (TPSA) is 52.6 Å². The smallest absolute Gasteiger partial charge is 0.416 e. The molecule has 216 valence electrons. The molecule has 15 heteroatoms. The van der Waals surface area contributed by atoms with E-state index in [1.807, 2.05) is 0 Å². The molecule has 0 aliphatic carbocycles. The van der Waals surface area contributed by atoms with Crippen LogP contribution in [0.2, 0.25) is 0 Å². The van der Waals surface area contributed by atoms with Crippen LogP contribution in [0.25, 0.3) is 0 Å². The molecule has 0 amide bonds. The number of aryl methyl sites for hydroxylation is 1. The van der Waals surface area contributed by atoms with Crippen molar-refractivity contribution in [3.63, 3.8) is 0 Å². The van der Waals surface area contributed by atoms with Crippen LogP contribution in [0.15, 0.2) is 41.3 Å². The third-order valence-electron chi connectivity index (χ3n) is 6.15. The zero-order valence-electron chi connectivity index (χ0n) is 19.8. The Morgan fingerprint density at radius 3 is 2.08 bits per heavy atom. The van der Waals surface area contributed by atoms with E-state index >= 15 is 0 Å². The van der Waals surface area contributed by atoms with Gasteiger partial charge >= 0.3 is 16.3 Å². The number of hydrogen-bond acceptors (Lipinski definition) is 4. The molecule has 0 saturated heterocycles. The van der Waals surface area contributed by atoms with E-state index in [-0.39, 0.29) is 41.9 Å². The summed E-state index contributed by atoms with van der Waals surface area (Å²) in [5.74, 6) is -15.3. The SMILES string of the molecule is O=S(=O)(Oc1c(F)c(F)c(F)c(F)c1F)c1ccc2c(c1)OCC[C@H]2c1ccc(C(F)(F)F)cc1CCC(F)F. The van der Waals surface area contributed by atoms with Gasteiger partial charge in [-0.25, -0.2) is 22.0 Å². The standard InChI is InChI=1S/C25H16F10O4S/c26-18(27)6-1-11-9-12(25(33,34)35)2-4-14(11)15-7-8-38-17-10-13(3-5-16(15)17)40(36,37)39-24-22(31)20(29)19(28)21(30)23(24)32/h2-5,9-10,15,18H,1,6-8H2/t15-/m0/s1. The molecule has 40 heavy (non-hydrogen) atoms. The molecule has 1 aliphatic heterocycles. The molecule has 1 atom stereocenters. The Bertz CT molecular complexity index is 1530. The minimum Gasteiger partial charge on any atom is -0.493 e. The average molecular weight is 602 g/mol. The summed E-state index contributed by atoms with van der Waals surface area (Å²) in [5, 5.41) is 0. The van der Waals surface area contributed by atoms with Gasteiger partial charge in [0.1, 0.15) is 10.6 Å². The first-order chi connectivity index (χ1) is 18.6. The maximum atomic E-state index is 14.0. The second kappa shape index (κ2) is 10.8. The molecule has 1 heterocycles. The highest BCUT2D eigenvalue weighted by Crippen LogP contribution is 2.42. The van der Waals surface area contributed by atoms with Gasteiger partial charge in [-0.3, -0.25) is 0 Å². The van der Waals surface area contributed by atoms with Gasteiger partial charge in [-0.05, 0) is 42.2 Å². The van der Waals surface area contributed by atoms with Crippen LogP contribution in [0.4, 0.5) is 43.9 Å². The summed E-state index contributed by atoms with van der Waals surface area (Å²) in [5.41, 5.74) is -0.523. The molecule has 0 saturated carbocycles. The molecule has 0 aromatic heterocycles. The van der Waals surface area contributed by atoms with Gasteiger partial charge in [-0.1, -0.05) is 12.1 Å². The third kappa shape index (κ3) is 5.69. The number of benzene rings is 3. The van der Waals surface area contributed by atoms with E-state index in [2.05, 4.69) is 4.18 Å². The summed E-state index contributed by atoms with van der Waals surface area (Å²) in [6.07, 6.45) is -8.44. The Labute approximate surface area is 220 Å². The molecular weight excluding hydrogens is 586 g/mol. The summed E-state index contributed by atoms with van der Waals surface area (Å²) in [6, 6.07) is 5.55. The van der Waals surface area contributed by atoms with E-state index in [1.54, 1.807) is 0 Å². The van der Waals surface area contributed by atoms with Crippen molar-refractivity contribution in [2.45, 2.75) is 42.7 Å². The van der Waals surface area contributed by atoms with Crippen molar-refractivity contribution in [2.24, 2.45) is 0 Å². The molecule has 3 aromatic rings. The highest BCUT2D eigenvalue weighted by Gasteiger charge is 2.34. The predicted octanol–water partition coefficient (Wildman–Crippen LogP) is 7.28. The van der Waals surface area contributed by atoms with Crippen molar-refractivity contribution in [2.75, 3.05) is 6.61 Å². The van der Waals surface area contributed by atoms with Crippen LogP contribution in [0.1, 0.15) is 41.0 Å². The van der Waals surface area contributed by atoms with Gasteiger partial charge in [0.15, 0.2) is 0 Å². The Hall–Kier alpha value is -3.49. The molecule has 1 aliphatic rings. The van der Waals surface area contributed by atoms with E-state index in [1.165, 1.54) is 0 Å². The Kier molecular flexibility index (Phi) is 7.98. The highest BCUT2D eigenvalue weighted by molar-refractivity contribution is 7.87. The van der Waals surface area contributed by atoms with Crippen molar-refractivity contribution in [3.8, 4) is 11.5 Å². The van der Waals surface area contributed by atoms with Crippen molar-refractivity contribution in [3.05, 3.63) is 87.7 Å². The maximum absolute atomic E-state index is 14.0. The quantitative estimate of drug-likeness (QED) is 0.124. The normalized spacial score (nSPS) is 15.6. The van der Waals surface area contributed by atoms with Crippen LogP contribution in [-0.2, 0) is 22.7 Å². The van der Waals surface area contributed by atoms with E-state index in [0.29, 0.717) is 0 Å². The predicted molar refractivity (Wildman–Crippen MR) is 118 cm³/mol. The summed E-state index contributed by atoms with van der Waals surface area (Å²) in [7, 11) is -5.19. The number of fused-ring (bicyclic) bond motifs is 1. The number of alkyl halides is 5. The van der Waals surface area contributed by atoms with Gasteiger partial charge in [0, 0.05) is 24.0 Å². The zero-order valence-corrected chi connectivity index (χ0v) is 20.6. The number of ether oxygens (including phenoxy) is 1. The summed E-state index contributed by atoms with van der Waals surface area (Å²) in [4.78, 5) is -0.804. The minimum atomic E-state index is -5.19. The second-order valence-corrected chi connectivity index (χ2v) is 10.2. The molecule has 0 radical (unpaired) electrons. The Morgan fingerprint density at radius 1 is 0.875 bits per heavy atom. The van der Waals surface area contributed by atoms with Crippen LogP contribution < -0.4 is 8.92 Å². The number of hydrogen-bond donors (Lipinski definition) is 0. The Morgan fingerprint density at radius 2 is 1.48 bits per heavy atom. The fourth-order valence-corrected chi connectivity index (χ4v) is 5.22. The molecule has 3 aromatic carbocycles. The Balaban J connectivity index is 1.72. The monoisotopic (exact) mass is 602 g/mol. The van der Waals surface area contributed by atoms with Crippen molar-refractivity contribution in [1.29, 1.82) is 0 Å². The second-order valence-electron chi connectivity index (χ2n) is 8.67. The van der Waals surface area contributed by atoms with Crippen LogP contribution >= 0.6 is 0 Å². The fourth-order valence-electron chi connectivity index (χ4n) is 4.27. The lowest BCUT2D eigenvalue weighted by atomic mass is 9.82. The molecule has 4 rings (SSSR count). The lowest BCUT2D eigenvalue weighted by Gasteiger charge is -2.29. The average Bonchev–Trinajstić information content (AvgIpc) is 2.90. The van der Waals surface area contributed by atoms with Gasteiger partial charge in [-0.2, -0.15) is 30.4 Å². The molecule has 0 N–H and O–H groups in total. The van der Waals surface area contributed by atoms with Crippen molar-refractivity contribution >= 4 is 10.1 Å². The highest BCUT2D eigenvalue weighted by atomic mass is 32.2. The number of rotatable bonds is 7. The van der Waals surface area contributed by atoms with Gasteiger partial charge < -0.3 is 8.92 Å². The van der Waals surface area contributed by atoms with Crippen LogP contribution in [0.3, 0.4) is 0 Å². The minimum absolute atomic E-state index is 0.000630. The van der Waals surface area contributed by atoms with Gasteiger partial charge in [-0.15, -0.1) is 0 Å². The first-order valence-electron chi connectivity index (χ1n) is 11.3. The third-order valence-corrected chi connectivity index (χ3v) is 7.37. The summed E-state index contributed by atoms with van der Waals surface area (Å²) in [6.45, 7) is -0.0883. The molecule has 0 fully saturated rings. The molecular formula is C25H16F10O4S. The largest absolute Gasteiger partial charge is 0.493 e. The fraction of sp³-hybridized carbons (Fsp3) is 0.280. The summed E-state index contributed by atoms with van der Waals surface area (Å²) < 4.78 is 169. The van der Waals surface area contributed by atoms with Gasteiger partial charge in [0.2, 0.25) is 41.3 Å². The summed E-state index contributed by atoms with van der Waals surface area (Å²) >= 11 is 0. The van der Waals surface area contributed by atoms with Gasteiger partial charge in [0.25, 0.3) is 0 Å². The molecule has 4 nitrogen and oxygen atoms in total. The van der Waals surface area contributed by atoms with Crippen LogP contribution in [-0.4, -0.2) is 21.5 Å². The van der Waals surface area contributed by atoms with E-state index < -0.39 is 80.4 Å². The lowest BCUT2D eigenvalue weighted by molar-refractivity contribution is -0.137. The lowest BCUT2D eigenvalue weighted by Crippen LogP contribution is -2.19.